The second kappa shape index (κ2) is 6.45. The van der Waals surface area contributed by atoms with Crippen LogP contribution in [0.15, 0.2) is 17.1 Å². The van der Waals surface area contributed by atoms with Gasteiger partial charge in [0.25, 0.3) is 17.2 Å². The minimum absolute atomic E-state index is 0.0489. The quantitative estimate of drug-likeness (QED) is 0.500. The van der Waals surface area contributed by atoms with Crippen molar-refractivity contribution >= 4 is 17.6 Å². The fourth-order valence-corrected chi connectivity index (χ4v) is 1.48. The minimum atomic E-state index is -1.00. The van der Waals surface area contributed by atoms with Crippen LogP contribution < -0.4 is 10.9 Å². The van der Waals surface area contributed by atoms with Crippen molar-refractivity contribution in [1.29, 1.82) is 0 Å². The zero-order chi connectivity index (χ0) is 15.3. The molecule has 0 radical (unpaired) electrons. The number of nitrogens with zero attached hydrogens (tertiary/aromatic N) is 1. The summed E-state index contributed by atoms with van der Waals surface area (Å²) in [4.78, 5) is 45.5. The average Bonchev–Trinajstić information content (AvgIpc) is 2.35. The summed E-state index contributed by atoms with van der Waals surface area (Å²) in [6, 6.07) is 0.871. The van der Waals surface area contributed by atoms with Gasteiger partial charge < -0.3 is 15.4 Å². The lowest BCUT2D eigenvalue weighted by molar-refractivity contribution is -0.385. The molecular formula is C11H13N3O6. The third-order valence-corrected chi connectivity index (χ3v) is 2.48. The average molecular weight is 283 g/mol. The van der Waals surface area contributed by atoms with E-state index in [9.17, 15) is 24.5 Å². The number of carbonyl (C=O) groups excluding carboxylic acids is 1. The molecule has 9 nitrogen and oxygen atoms in total. The molecule has 1 heterocycles. The summed E-state index contributed by atoms with van der Waals surface area (Å²) >= 11 is 0. The van der Waals surface area contributed by atoms with Gasteiger partial charge in [0.1, 0.15) is 5.56 Å². The molecule has 1 amide bonds. The van der Waals surface area contributed by atoms with Crippen LogP contribution in [0.4, 0.5) is 5.69 Å². The van der Waals surface area contributed by atoms with Crippen molar-refractivity contribution in [2.24, 2.45) is 5.92 Å². The molecule has 0 aromatic carbocycles. The lowest BCUT2D eigenvalue weighted by Crippen LogP contribution is -2.33. The predicted octanol–water partition coefficient (Wildman–Crippen LogP) is 0.124. The molecule has 0 saturated heterocycles. The second-order valence-corrected chi connectivity index (χ2v) is 4.27. The molecule has 1 aromatic rings. The van der Waals surface area contributed by atoms with Crippen molar-refractivity contribution in [3.05, 3.63) is 38.3 Å². The van der Waals surface area contributed by atoms with E-state index in [-0.39, 0.29) is 24.4 Å². The van der Waals surface area contributed by atoms with E-state index in [0.717, 1.165) is 12.3 Å². The van der Waals surface area contributed by atoms with Crippen LogP contribution in [0, 0.1) is 16.0 Å². The highest BCUT2D eigenvalue weighted by Crippen LogP contribution is 2.08. The summed E-state index contributed by atoms with van der Waals surface area (Å²) < 4.78 is 0. The number of carboxylic acids is 1. The summed E-state index contributed by atoms with van der Waals surface area (Å²) in [6.45, 7) is 1.67. The Labute approximate surface area is 112 Å². The van der Waals surface area contributed by atoms with Gasteiger partial charge in [-0.15, -0.1) is 0 Å². The van der Waals surface area contributed by atoms with Crippen LogP contribution in [0.2, 0.25) is 0 Å². The van der Waals surface area contributed by atoms with Gasteiger partial charge in [0.05, 0.1) is 11.1 Å². The smallest absolute Gasteiger partial charge is 0.303 e. The van der Waals surface area contributed by atoms with Crippen LogP contribution in [-0.2, 0) is 4.79 Å². The fourth-order valence-electron chi connectivity index (χ4n) is 1.48. The molecule has 0 aliphatic rings. The first-order valence-electron chi connectivity index (χ1n) is 5.68. The Hall–Kier alpha value is -2.71. The lowest BCUT2D eigenvalue weighted by Gasteiger charge is -2.09. The van der Waals surface area contributed by atoms with E-state index in [1.807, 2.05) is 0 Å². The number of nitro groups is 1. The van der Waals surface area contributed by atoms with Crippen LogP contribution in [0.1, 0.15) is 23.7 Å². The maximum atomic E-state index is 11.7. The van der Waals surface area contributed by atoms with Gasteiger partial charge in [-0.3, -0.25) is 24.5 Å². The number of hydrogen-bond acceptors (Lipinski definition) is 5. The second-order valence-electron chi connectivity index (χ2n) is 4.27. The molecule has 108 valence electrons. The summed E-state index contributed by atoms with van der Waals surface area (Å²) in [5.74, 6) is -2.11. The van der Waals surface area contributed by atoms with Gasteiger partial charge in [0.2, 0.25) is 0 Å². The number of carbonyl (C=O) groups is 2. The van der Waals surface area contributed by atoms with Gasteiger partial charge >= 0.3 is 5.97 Å². The molecular weight excluding hydrogens is 270 g/mol. The molecule has 1 atom stereocenters. The van der Waals surface area contributed by atoms with Gasteiger partial charge in [-0.1, -0.05) is 6.92 Å². The molecule has 3 N–H and O–H groups in total. The fraction of sp³-hybridized carbons (Fsp3) is 0.364. The van der Waals surface area contributed by atoms with Crippen molar-refractivity contribution in [2.45, 2.75) is 13.3 Å². The van der Waals surface area contributed by atoms with Crippen molar-refractivity contribution in [2.75, 3.05) is 6.54 Å². The van der Waals surface area contributed by atoms with Crippen molar-refractivity contribution in [1.82, 2.24) is 10.3 Å². The number of aromatic nitrogens is 1. The van der Waals surface area contributed by atoms with Crippen molar-refractivity contribution < 1.29 is 19.6 Å². The topological polar surface area (TPSA) is 142 Å². The Bertz CT molecular complexity index is 594. The summed E-state index contributed by atoms with van der Waals surface area (Å²) in [5.41, 5.74) is -1.55. The number of aromatic amines is 1. The molecule has 20 heavy (non-hydrogen) atoms. The van der Waals surface area contributed by atoms with Crippen LogP contribution in [0.5, 0.6) is 0 Å². The normalized spacial score (nSPS) is 11.7. The van der Waals surface area contributed by atoms with E-state index in [2.05, 4.69) is 10.3 Å². The Morgan fingerprint density at radius 3 is 2.75 bits per heavy atom. The molecule has 0 bridgehead atoms. The van der Waals surface area contributed by atoms with Crippen LogP contribution >= 0.6 is 0 Å². The van der Waals surface area contributed by atoms with Crippen LogP contribution in [0.25, 0.3) is 0 Å². The van der Waals surface area contributed by atoms with Crippen LogP contribution in [0.3, 0.4) is 0 Å². The maximum absolute atomic E-state index is 11.7. The Morgan fingerprint density at radius 2 is 2.20 bits per heavy atom. The molecule has 1 rings (SSSR count). The largest absolute Gasteiger partial charge is 0.481 e. The van der Waals surface area contributed by atoms with Gasteiger partial charge in [-0.2, -0.15) is 0 Å². The molecule has 0 aliphatic carbocycles. The first kappa shape index (κ1) is 15.3. The number of pyridine rings is 1. The highest BCUT2D eigenvalue weighted by Gasteiger charge is 2.17. The number of nitrogens with one attached hydrogen (secondary N) is 2. The molecule has 0 fully saturated rings. The Morgan fingerprint density at radius 1 is 1.55 bits per heavy atom. The number of hydrogen-bond donors (Lipinski definition) is 3. The van der Waals surface area contributed by atoms with E-state index in [0.29, 0.717) is 0 Å². The monoisotopic (exact) mass is 283 g/mol. The van der Waals surface area contributed by atoms with Gasteiger partial charge in [-0.25, -0.2) is 0 Å². The third kappa shape index (κ3) is 4.19. The minimum Gasteiger partial charge on any atom is -0.481 e. The first-order valence-corrected chi connectivity index (χ1v) is 5.68. The maximum Gasteiger partial charge on any atom is 0.303 e. The number of H-pyrrole nitrogens is 1. The molecule has 1 aromatic heterocycles. The van der Waals surface area contributed by atoms with E-state index in [4.69, 9.17) is 5.11 Å². The number of rotatable bonds is 6. The lowest BCUT2D eigenvalue weighted by atomic mass is 10.1. The Kier molecular flexibility index (Phi) is 4.95. The van der Waals surface area contributed by atoms with E-state index in [1.165, 1.54) is 0 Å². The zero-order valence-corrected chi connectivity index (χ0v) is 10.6. The van der Waals surface area contributed by atoms with E-state index >= 15 is 0 Å². The summed E-state index contributed by atoms with van der Waals surface area (Å²) in [6.07, 6.45) is 0.762. The third-order valence-electron chi connectivity index (χ3n) is 2.48. The summed E-state index contributed by atoms with van der Waals surface area (Å²) in [7, 11) is 0. The first-order chi connectivity index (χ1) is 9.31. The number of amides is 1. The van der Waals surface area contributed by atoms with E-state index in [1.54, 1.807) is 6.92 Å². The van der Waals surface area contributed by atoms with Gasteiger partial charge in [0, 0.05) is 19.0 Å². The zero-order valence-electron chi connectivity index (χ0n) is 10.6. The van der Waals surface area contributed by atoms with Gasteiger partial charge in [-0.05, 0) is 5.92 Å². The standard InChI is InChI=1S/C11H13N3O6/c1-6(2-9(15)16)4-12-10(17)8-3-7(14(19)20)5-13-11(8)18/h3,5-6H,2,4H2,1H3,(H,12,17)(H,13,18)(H,15,16). The molecule has 9 heteroatoms. The SMILES string of the molecule is CC(CNC(=O)c1cc([N+](=O)[O-])c[nH]c1=O)CC(=O)O. The van der Waals surface area contributed by atoms with Gasteiger partial charge in [0.15, 0.2) is 0 Å². The highest BCUT2D eigenvalue weighted by molar-refractivity contribution is 5.94. The Balaban J connectivity index is 2.77. The predicted molar refractivity (Wildman–Crippen MR) is 67.5 cm³/mol. The molecule has 1 unspecified atom stereocenters. The molecule has 0 spiro atoms. The van der Waals surface area contributed by atoms with E-state index < -0.39 is 28.0 Å². The van der Waals surface area contributed by atoms with Crippen LogP contribution in [-0.4, -0.2) is 33.4 Å². The highest BCUT2D eigenvalue weighted by atomic mass is 16.6. The van der Waals surface area contributed by atoms with Crippen molar-refractivity contribution in [3.63, 3.8) is 0 Å². The molecule has 0 saturated carbocycles. The number of aliphatic carboxylic acids is 1. The number of carboxylic acid groups (broad SMARTS) is 1. The van der Waals surface area contributed by atoms with Crippen molar-refractivity contribution in [3.8, 4) is 0 Å². The summed E-state index contributed by atoms with van der Waals surface area (Å²) in [5, 5.41) is 21.5. The molecule has 0 aliphatic heterocycles.